The van der Waals surface area contributed by atoms with Crippen molar-refractivity contribution in [2.75, 3.05) is 19.1 Å². The van der Waals surface area contributed by atoms with Crippen molar-refractivity contribution in [1.82, 2.24) is 5.32 Å². The van der Waals surface area contributed by atoms with Crippen LogP contribution in [-0.2, 0) is 15.5 Å². The first-order chi connectivity index (χ1) is 7.61. The van der Waals surface area contributed by atoms with Gasteiger partial charge in [0.1, 0.15) is 0 Å². The number of hydrogen-bond acceptors (Lipinski definition) is 3. The zero-order valence-corrected chi connectivity index (χ0v) is 11.5. The minimum absolute atomic E-state index is 0.469. The maximum atomic E-state index is 11.0. The summed E-state index contributed by atoms with van der Waals surface area (Å²) >= 11 is 0. The molecule has 0 aliphatic heterocycles. The Morgan fingerprint density at radius 3 is 2.50 bits per heavy atom. The number of rotatable bonds is 6. The van der Waals surface area contributed by atoms with Crippen molar-refractivity contribution in [3.8, 4) is 0 Å². The molecule has 0 radical (unpaired) electrons. The highest BCUT2D eigenvalue weighted by molar-refractivity contribution is 7.84. The van der Waals surface area contributed by atoms with Gasteiger partial charge in [0.05, 0.1) is 6.10 Å². The minimum atomic E-state index is -0.660. The van der Waals surface area contributed by atoms with E-state index < -0.39 is 10.8 Å². The maximum Gasteiger partial charge on any atom is 0.0572 e. The van der Waals surface area contributed by atoms with Gasteiger partial charge < -0.3 is 10.1 Å². The summed E-state index contributed by atoms with van der Waals surface area (Å²) in [5.41, 5.74) is 0. The molecule has 1 N–H and O–H groups in total. The first-order valence-corrected chi connectivity index (χ1v) is 7.93. The third-order valence-corrected chi connectivity index (χ3v) is 4.18. The Balaban J connectivity index is 2.15. The topological polar surface area (TPSA) is 38.3 Å². The lowest BCUT2D eigenvalue weighted by Crippen LogP contribution is -2.40. The molecular formula is C12H25NO2S. The van der Waals surface area contributed by atoms with Crippen LogP contribution in [0.25, 0.3) is 0 Å². The van der Waals surface area contributed by atoms with Crippen LogP contribution in [0.1, 0.15) is 39.0 Å². The van der Waals surface area contributed by atoms with E-state index in [1.807, 2.05) is 0 Å². The molecule has 1 rings (SSSR count). The van der Waals surface area contributed by atoms with Crippen molar-refractivity contribution in [3.63, 3.8) is 0 Å². The molecule has 0 aromatic carbocycles. The van der Waals surface area contributed by atoms with Gasteiger partial charge in [-0.2, -0.15) is 0 Å². The Morgan fingerprint density at radius 2 is 2.00 bits per heavy atom. The van der Waals surface area contributed by atoms with Crippen LogP contribution >= 0.6 is 0 Å². The van der Waals surface area contributed by atoms with E-state index in [9.17, 15) is 4.21 Å². The van der Waals surface area contributed by atoms with Gasteiger partial charge in [0.25, 0.3) is 0 Å². The lowest BCUT2D eigenvalue weighted by atomic mass is 9.92. The molecule has 1 saturated carbocycles. The van der Waals surface area contributed by atoms with Crippen LogP contribution in [0.15, 0.2) is 0 Å². The zero-order valence-electron chi connectivity index (χ0n) is 10.7. The van der Waals surface area contributed by atoms with Crippen molar-refractivity contribution in [2.24, 2.45) is 0 Å². The Labute approximate surface area is 102 Å². The van der Waals surface area contributed by atoms with E-state index in [1.54, 1.807) is 13.4 Å². The lowest BCUT2D eigenvalue weighted by Gasteiger charge is -2.30. The molecule has 2 atom stereocenters. The Kier molecular flexibility index (Phi) is 6.54. The van der Waals surface area contributed by atoms with Crippen LogP contribution in [0.4, 0.5) is 0 Å². The van der Waals surface area contributed by atoms with Crippen molar-refractivity contribution in [2.45, 2.75) is 57.2 Å². The molecule has 0 aromatic rings. The highest BCUT2D eigenvalue weighted by Gasteiger charge is 2.21. The summed E-state index contributed by atoms with van der Waals surface area (Å²) in [7, 11) is 1.14. The first kappa shape index (κ1) is 14.1. The van der Waals surface area contributed by atoms with E-state index in [0.717, 1.165) is 12.2 Å². The molecule has 4 heteroatoms. The third kappa shape index (κ3) is 5.41. The van der Waals surface area contributed by atoms with Gasteiger partial charge in [-0.3, -0.25) is 4.21 Å². The van der Waals surface area contributed by atoms with Crippen LogP contribution in [0.3, 0.4) is 0 Å². The molecule has 96 valence electrons. The molecule has 3 nitrogen and oxygen atoms in total. The van der Waals surface area contributed by atoms with Gasteiger partial charge in [-0.05, 0) is 39.0 Å². The molecule has 1 fully saturated rings. The number of ether oxygens (including phenoxy) is 1. The lowest BCUT2D eigenvalue weighted by molar-refractivity contribution is 0.0613. The van der Waals surface area contributed by atoms with Gasteiger partial charge in [-0.1, -0.05) is 0 Å². The predicted octanol–water partition coefficient (Wildman–Crippen LogP) is 1.69. The van der Waals surface area contributed by atoms with Crippen molar-refractivity contribution in [1.29, 1.82) is 0 Å². The van der Waals surface area contributed by atoms with Gasteiger partial charge in [0, 0.05) is 42.0 Å². The molecule has 2 unspecified atom stereocenters. The monoisotopic (exact) mass is 247 g/mol. The van der Waals surface area contributed by atoms with E-state index in [1.165, 1.54) is 25.7 Å². The molecule has 0 heterocycles. The van der Waals surface area contributed by atoms with E-state index in [0.29, 0.717) is 18.2 Å². The Bertz CT molecular complexity index is 215. The molecule has 0 spiro atoms. The smallest absolute Gasteiger partial charge is 0.0572 e. The average Bonchev–Trinajstić information content (AvgIpc) is 2.27. The fraction of sp³-hybridized carbons (Fsp3) is 1.00. The average molecular weight is 247 g/mol. The van der Waals surface area contributed by atoms with Crippen LogP contribution in [0, 0.1) is 0 Å². The zero-order chi connectivity index (χ0) is 12.0. The predicted molar refractivity (Wildman–Crippen MR) is 69.2 cm³/mol. The van der Waals surface area contributed by atoms with Crippen LogP contribution in [0.2, 0.25) is 0 Å². The summed E-state index contributed by atoms with van der Waals surface area (Å²) in [6.45, 7) is 2.19. The summed E-state index contributed by atoms with van der Waals surface area (Å²) in [5.74, 6) is 0.807. The molecule has 0 aromatic heterocycles. The molecule has 1 aliphatic rings. The normalized spacial score (nSPS) is 29.9. The standard InChI is InChI=1S/C12H25NO2S/c1-10(8-9-16(3)14)13-11-4-6-12(15-2)7-5-11/h10-13H,4-9H2,1-3H3. The quantitative estimate of drug-likeness (QED) is 0.776. The van der Waals surface area contributed by atoms with Gasteiger partial charge in [0.15, 0.2) is 0 Å². The van der Waals surface area contributed by atoms with E-state index in [4.69, 9.17) is 4.74 Å². The van der Waals surface area contributed by atoms with Crippen LogP contribution < -0.4 is 5.32 Å². The molecular weight excluding hydrogens is 222 g/mol. The Hall–Kier alpha value is 0.0700. The molecule has 0 amide bonds. The Morgan fingerprint density at radius 1 is 1.38 bits per heavy atom. The minimum Gasteiger partial charge on any atom is -0.381 e. The second-order valence-electron chi connectivity index (χ2n) is 4.84. The van der Waals surface area contributed by atoms with Crippen LogP contribution in [0.5, 0.6) is 0 Å². The van der Waals surface area contributed by atoms with Crippen molar-refractivity contribution in [3.05, 3.63) is 0 Å². The molecule has 0 saturated heterocycles. The second-order valence-corrected chi connectivity index (χ2v) is 6.40. The summed E-state index contributed by atoms with van der Waals surface area (Å²) in [4.78, 5) is 0. The van der Waals surface area contributed by atoms with Gasteiger partial charge in [-0.25, -0.2) is 0 Å². The third-order valence-electron chi connectivity index (χ3n) is 3.37. The van der Waals surface area contributed by atoms with E-state index >= 15 is 0 Å². The first-order valence-electron chi connectivity index (χ1n) is 6.20. The van der Waals surface area contributed by atoms with Gasteiger partial charge in [0.2, 0.25) is 0 Å². The molecule has 1 aliphatic carbocycles. The van der Waals surface area contributed by atoms with Crippen molar-refractivity contribution >= 4 is 10.8 Å². The largest absolute Gasteiger partial charge is 0.381 e. The fourth-order valence-electron chi connectivity index (χ4n) is 2.29. The molecule has 0 bridgehead atoms. The van der Waals surface area contributed by atoms with Gasteiger partial charge in [-0.15, -0.1) is 0 Å². The van der Waals surface area contributed by atoms with Crippen molar-refractivity contribution < 1.29 is 8.95 Å². The maximum absolute atomic E-state index is 11.0. The summed E-state index contributed by atoms with van der Waals surface area (Å²) in [5, 5.41) is 3.63. The second kappa shape index (κ2) is 7.41. The SMILES string of the molecule is COC1CCC(NC(C)CCS(C)=O)CC1. The molecule has 16 heavy (non-hydrogen) atoms. The number of hydrogen-bond donors (Lipinski definition) is 1. The fourth-order valence-corrected chi connectivity index (χ4v) is 2.98. The van der Waals surface area contributed by atoms with Crippen LogP contribution in [-0.4, -0.2) is 41.5 Å². The summed E-state index contributed by atoms with van der Waals surface area (Å²) in [6.07, 6.45) is 8.00. The number of nitrogens with one attached hydrogen (secondary N) is 1. The summed E-state index contributed by atoms with van der Waals surface area (Å²) in [6, 6.07) is 1.11. The number of methoxy groups -OCH3 is 1. The van der Waals surface area contributed by atoms with E-state index in [-0.39, 0.29) is 0 Å². The van der Waals surface area contributed by atoms with Gasteiger partial charge >= 0.3 is 0 Å². The van der Waals surface area contributed by atoms with E-state index in [2.05, 4.69) is 12.2 Å². The highest BCUT2D eigenvalue weighted by Crippen LogP contribution is 2.21. The summed E-state index contributed by atoms with van der Waals surface area (Å²) < 4.78 is 16.3. The highest BCUT2D eigenvalue weighted by atomic mass is 32.2.